The van der Waals surface area contributed by atoms with E-state index in [1.807, 2.05) is 19.1 Å². The Labute approximate surface area is 120 Å². The van der Waals surface area contributed by atoms with Crippen LogP contribution in [-0.2, 0) is 9.53 Å². The topological polar surface area (TPSA) is 64.3 Å². The fourth-order valence-electron chi connectivity index (χ4n) is 2.54. The van der Waals surface area contributed by atoms with Gasteiger partial charge in [0.2, 0.25) is 5.91 Å². The Morgan fingerprint density at radius 3 is 2.85 bits per heavy atom. The van der Waals surface area contributed by atoms with Gasteiger partial charge in [0.05, 0.1) is 19.1 Å². The van der Waals surface area contributed by atoms with E-state index >= 15 is 0 Å². The van der Waals surface area contributed by atoms with E-state index in [-0.39, 0.29) is 5.91 Å². The number of hydrogen-bond acceptors (Lipinski definition) is 3. The lowest BCUT2D eigenvalue weighted by Crippen LogP contribution is -2.20. The highest BCUT2D eigenvalue weighted by atomic mass is 16.5. The Morgan fingerprint density at radius 2 is 2.10 bits per heavy atom. The molecule has 1 saturated carbocycles. The quantitative estimate of drug-likeness (QED) is 0.811. The van der Waals surface area contributed by atoms with Crippen molar-refractivity contribution in [1.82, 2.24) is 0 Å². The summed E-state index contributed by atoms with van der Waals surface area (Å²) in [7, 11) is 0. The molecule has 0 unspecified atom stereocenters. The zero-order valence-electron chi connectivity index (χ0n) is 12.2. The molecular formula is C16H24N2O2. The number of ether oxygens (including phenoxy) is 1. The molecule has 3 N–H and O–H groups in total. The molecular weight excluding hydrogens is 252 g/mol. The van der Waals surface area contributed by atoms with Crippen LogP contribution in [0, 0.1) is 6.92 Å². The molecule has 0 bridgehead atoms. The first kappa shape index (κ1) is 14.9. The number of carbonyl (C=O) groups excluding carboxylic acids is 1. The van der Waals surface area contributed by atoms with Crippen molar-refractivity contribution in [2.24, 2.45) is 0 Å². The summed E-state index contributed by atoms with van der Waals surface area (Å²) in [6, 6.07) is 5.52. The van der Waals surface area contributed by atoms with E-state index in [0.717, 1.165) is 24.1 Å². The number of carbonyl (C=O) groups is 1. The molecule has 1 aliphatic carbocycles. The first-order valence-electron chi connectivity index (χ1n) is 7.43. The Morgan fingerprint density at radius 1 is 1.35 bits per heavy atom. The average Bonchev–Trinajstić information content (AvgIpc) is 2.44. The summed E-state index contributed by atoms with van der Waals surface area (Å²) in [5.74, 6) is -0.0190. The van der Waals surface area contributed by atoms with Gasteiger partial charge in [0, 0.05) is 11.4 Å². The maximum atomic E-state index is 11.9. The maximum Gasteiger partial charge on any atom is 0.226 e. The monoisotopic (exact) mass is 276 g/mol. The summed E-state index contributed by atoms with van der Waals surface area (Å²) >= 11 is 0. The predicted octanol–water partition coefficient (Wildman–Crippen LogP) is 3.26. The number of nitrogen functional groups attached to an aromatic ring is 1. The Hall–Kier alpha value is -1.55. The zero-order valence-corrected chi connectivity index (χ0v) is 12.2. The van der Waals surface area contributed by atoms with Gasteiger partial charge in [-0.15, -0.1) is 0 Å². The molecule has 0 radical (unpaired) electrons. The average molecular weight is 276 g/mol. The second-order valence-corrected chi connectivity index (χ2v) is 5.50. The lowest BCUT2D eigenvalue weighted by Gasteiger charge is -2.21. The number of nitrogens with two attached hydrogens (primary N) is 1. The van der Waals surface area contributed by atoms with Crippen LogP contribution in [0.25, 0.3) is 0 Å². The summed E-state index contributed by atoms with van der Waals surface area (Å²) < 4.78 is 5.76. The van der Waals surface area contributed by atoms with Crippen LogP contribution < -0.4 is 11.1 Å². The highest BCUT2D eigenvalue weighted by Crippen LogP contribution is 2.21. The van der Waals surface area contributed by atoms with E-state index < -0.39 is 0 Å². The van der Waals surface area contributed by atoms with Crippen LogP contribution in [0.2, 0.25) is 0 Å². The third-order valence-electron chi connectivity index (χ3n) is 3.77. The van der Waals surface area contributed by atoms with Crippen LogP contribution in [0.15, 0.2) is 18.2 Å². The Bertz CT molecular complexity index is 454. The molecule has 0 atom stereocenters. The van der Waals surface area contributed by atoms with Gasteiger partial charge in [-0.05, 0) is 37.5 Å². The molecule has 0 heterocycles. The van der Waals surface area contributed by atoms with Crippen molar-refractivity contribution in [3.8, 4) is 0 Å². The molecule has 0 aromatic heterocycles. The van der Waals surface area contributed by atoms with Crippen molar-refractivity contribution in [3.63, 3.8) is 0 Å². The van der Waals surface area contributed by atoms with E-state index in [1.54, 1.807) is 6.07 Å². The fraction of sp³-hybridized carbons (Fsp3) is 0.562. The van der Waals surface area contributed by atoms with E-state index in [2.05, 4.69) is 5.32 Å². The van der Waals surface area contributed by atoms with Crippen molar-refractivity contribution in [3.05, 3.63) is 23.8 Å². The van der Waals surface area contributed by atoms with Crippen LogP contribution >= 0.6 is 0 Å². The number of nitrogens with one attached hydrogen (secondary N) is 1. The molecule has 0 aliphatic heterocycles. The SMILES string of the molecule is Cc1ccc(N)cc1NC(=O)CCOC1CCCCC1. The van der Waals surface area contributed by atoms with Crippen molar-refractivity contribution < 1.29 is 9.53 Å². The van der Waals surface area contributed by atoms with Gasteiger partial charge in [-0.3, -0.25) is 4.79 Å². The lowest BCUT2D eigenvalue weighted by molar-refractivity contribution is -0.117. The highest BCUT2D eigenvalue weighted by Gasteiger charge is 2.14. The third kappa shape index (κ3) is 4.53. The molecule has 4 heteroatoms. The minimum Gasteiger partial charge on any atom is -0.399 e. The molecule has 2 rings (SSSR count). The highest BCUT2D eigenvalue weighted by molar-refractivity contribution is 5.92. The minimum absolute atomic E-state index is 0.0190. The molecule has 110 valence electrons. The molecule has 1 fully saturated rings. The van der Waals surface area contributed by atoms with Gasteiger partial charge in [0.15, 0.2) is 0 Å². The van der Waals surface area contributed by atoms with E-state index in [1.165, 1.54) is 19.3 Å². The number of aryl methyl sites for hydroxylation is 1. The van der Waals surface area contributed by atoms with Crippen LogP contribution in [0.5, 0.6) is 0 Å². The first-order valence-corrected chi connectivity index (χ1v) is 7.43. The van der Waals surface area contributed by atoms with Crippen LogP contribution in [0.1, 0.15) is 44.1 Å². The lowest BCUT2D eigenvalue weighted by atomic mass is 9.98. The first-order chi connectivity index (χ1) is 9.65. The molecule has 1 aliphatic rings. The number of anilines is 2. The third-order valence-corrected chi connectivity index (χ3v) is 3.77. The van der Waals surface area contributed by atoms with Crippen LogP contribution in [0.4, 0.5) is 11.4 Å². The maximum absolute atomic E-state index is 11.9. The van der Waals surface area contributed by atoms with E-state index in [9.17, 15) is 4.79 Å². The van der Waals surface area contributed by atoms with Crippen molar-refractivity contribution in [2.75, 3.05) is 17.7 Å². The summed E-state index contributed by atoms with van der Waals surface area (Å²) in [5, 5.41) is 2.89. The number of amides is 1. The van der Waals surface area contributed by atoms with E-state index in [0.29, 0.717) is 24.8 Å². The molecule has 0 spiro atoms. The Balaban J connectivity index is 1.73. The number of benzene rings is 1. The number of rotatable bonds is 5. The van der Waals surface area contributed by atoms with Gasteiger partial charge in [-0.2, -0.15) is 0 Å². The number of hydrogen-bond donors (Lipinski definition) is 2. The summed E-state index contributed by atoms with van der Waals surface area (Å²) in [4.78, 5) is 11.9. The van der Waals surface area contributed by atoms with Crippen molar-refractivity contribution in [2.45, 2.75) is 51.6 Å². The van der Waals surface area contributed by atoms with Gasteiger partial charge < -0.3 is 15.8 Å². The molecule has 1 amide bonds. The normalized spacial score (nSPS) is 16.1. The molecule has 0 saturated heterocycles. The summed E-state index contributed by atoms with van der Waals surface area (Å²) in [6.07, 6.45) is 6.83. The second kappa shape index (κ2) is 7.29. The van der Waals surface area contributed by atoms with Crippen molar-refractivity contribution in [1.29, 1.82) is 0 Å². The largest absolute Gasteiger partial charge is 0.399 e. The Kier molecular flexibility index (Phi) is 5.41. The van der Waals surface area contributed by atoms with Gasteiger partial charge in [-0.25, -0.2) is 0 Å². The van der Waals surface area contributed by atoms with Crippen molar-refractivity contribution >= 4 is 17.3 Å². The summed E-state index contributed by atoms with van der Waals surface area (Å²) in [6.45, 7) is 2.45. The second-order valence-electron chi connectivity index (χ2n) is 5.50. The molecule has 1 aromatic carbocycles. The van der Waals surface area contributed by atoms with E-state index in [4.69, 9.17) is 10.5 Å². The molecule has 1 aromatic rings. The zero-order chi connectivity index (χ0) is 14.4. The smallest absolute Gasteiger partial charge is 0.226 e. The molecule has 4 nitrogen and oxygen atoms in total. The van der Waals surface area contributed by atoms with Crippen LogP contribution in [0.3, 0.4) is 0 Å². The predicted molar refractivity (Wildman–Crippen MR) is 81.7 cm³/mol. The fourth-order valence-corrected chi connectivity index (χ4v) is 2.54. The van der Waals surface area contributed by atoms with Gasteiger partial charge in [0.25, 0.3) is 0 Å². The van der Waals surface area contributed by atoms with Crippen LogP contribution in [-0.4, -0.2) is 18.6 Å². The van der Waals surface area contributed by atoms with Gasteiger partial charge in [0.1, 0.15) is 0 Å². The van der Waals surface area contributed by atoms with Gasteiger partial charge in [-0.1, -0.05) is 25.3 Å². The molecule has 20 heavy (non-hydrogen) atoms. The standard InChI is InChI=1S/C16H24N2O2/c1-12-7-8-13(17)11-15(12)18-16(19)9-10-20-14-5-3-2-4-6-14/h7-8,11,14H,2-6,9-10,17H2,1H3,(H,18,19). The minimum atomic E-state index is -0.0190. The van der Waals surface area contributed by atoms with Gasteiger partial charge >= 0.3 is 0 Å². The summed E-state index contributed by atoms with van der Waals surface area (Å²) in [5.41, 5.74) is 8.18.